The number of aryl methyl sites for hydroxylation is 1. The maximum absolute atomic E-state index is 12.8. The molecule has 2 amide bonds. The molecule has 0 unspecified atom stereocenters. The van der Waals surface area contributed by atoms with Gasteiger partial charge in [0.15, 0.2) is 0 Å². The van der Waals surface area contributed by atoms with Gasteiger partial charge in [0.1, 0.15) is 16.4 Å². The Morgan fingerprint density at radius 3 is 2.47 bits per heavy atom. The SMILES string of the molecule is Cc1cccc(NC(=O)/C(=C\c2ccc([N+](=O)[O-])o2)NC(=O)c2ccc(Cl)cc2)c1. The molecule has 0 bridgehead atoms. The van der Waals surface area contributed by atoms with Gasteiger partial charge in [-0.25, -0.2) is 0 Å². The Balaban J connectivity index is 1.89. The van der Waals surface area contributed by atoms with Crippen LogP contribution >= 0.6 is 11.6 Å². The van der Waals surface area contributed by atoms with Gasteiger partial charge in [-0.3, -0.25) is 19.7 Å². The molecule has 9 heteroatoms. The van der Waals surface area contributed by atoms with Gasteiger partial charge in [0.05, 0.1) is 6.07 Å². The standard InChI is InChI=1S/C21H16ClN3O5/c1-13-3-2-4-16(11-13)23-21(27)18(12-17-9-10-19(30-17)25(28)29)24-20(26)14-5-7-15(22)8-6-14/h2-12H,1H3,(H,23,27)(H,24,26)/b18-12+. The van der Waals surface area contributed by atoms with Crippen LogP contribution in [0.15, 0.2) is 70.8 Å². The number of rotatable bonds is 6. The third kappa shape index (κ3) is 5.33. The number of nitrogens with one attached hydrogen (secondary N) is 2. The van der Waals surface area contributed by atoms with Crippen molar-refractivity contribution >= 4 is 41.1 Å². The van der Waals surface area contributed by atoms with Crippen molar-refractivity contribution in [1.82, 2.24) is 5.32 Å². The zero-order chi connectivity index (χ0) is 21.7. The van der Waals surface area contributed by atoms with E-state index in [2.05, 4.69) is 10.6 Å². The Bertz CT molecular complexity index is 1140. The van der Waals surface area contributed by atoms with Gasteiger partial charge >= 0.3 is 5.88 Å². The molecule has 0 aliphatic rings. The van der Waals surface area contributed by atoms with E-state index < -0.39 is 22.6 Å². The molecule has 1 heterocycles. The normalized spacial score (nSPS) is 11.1. The molecule has 30 heavy (non-hydrogen) atoms. The highest BCUT2D eigenvalue weighted by molar-refractivity contribution is 6.30. The Morgan fingerprint density at radius 2 is 1.83 bits per heavy atom. The van der Waals surface area contributed by atoms with Crippen LogP contribution in [0.2, 0.25) is 5.02 Å². The summed E-state index contributed by atoms with van der Waals surface area (Å²) in [7, 11) is 0. The first-order valence-electron chi connectivity index (χ1n) is 8.73. The van der Waals surface area contributed by atoms with Gasteiger partial charge in [0, 0.05) is 22.3 Å². The number of nitro groups is 1. The monoisotopic (exact) mass is 425 g/mol. The predicted molar refractivity (Wildman–Crippen MR) is 112 cm³/mol. The van der Waals surface area contributed by atoms with Crippen LogP contribution in [-0.4, -0.2) is 16.7 Å². The van der Waals surface area contributed by atoms with Crippen molar-refractivity contribution in [3.8, 4) is 0 Å². The Kier molecular flexibility index (Phi) is 6.29. The molecule has 0 saturated heterocycles. The second-order valence-corrected chi connectivity index (χ2v) is 6.71. The van der Waals surface area contributed by atoms with Crippen molar-refractivity contribution in [2.75, 3.05) is 5.32 Å². The van der Waals surface area contributed by atoms with Crippen LogP contribution in [0, 0.1) is 17.0 Å². The summed E-state index contributed by atoms with van der Waals surface area (Å²) in [6.07, 6.45) is 1.21. The van der Waals surface area contributed by atoms with Crippen LogP contribution in [-0.2, 0) is 4.79 Å². The van der Waals surface area contributed by atoms with Crippen LogP contribution < -0.4 is 10.6 Å². The highest BCUT2D eigenvalue weighted by Crippen LogP contribution is 2.19. The Hall–Kier alpha value is -3.91. The van der Waals surface area contributed by atoms with Crippen molar-refractivity contribution in [2.45, 2.75) is 6.92 Å². The minimum absolute atomic E-state index is 0.0347. The minimum atomic E-state index is -0.698. The van der Waals surface area contributed by atoms with Crippen LogP contribution in [0.1, 0.15) is 21.7 Å². The zero-order valence-corrected chi connectivity index (χ0v) is 16.5. The number of furan rings is 1. The van der Waals surface area contributed by atoms with E-state index in [0.29, 0.717) is 10.7 Å². The average Bonchev–Trinajstić information content (AvgIpc) is 3.17. The summed E-state index contributed by atoms with van der Waals surface area (Å²) in [6.45, 7) is 1.87. The lowest BCUT2D eigenvalue weighted by Crippen LogP contribution is -2.30. The summed E-state index contributed by atoms with van der Waals surface area (Å²) >= 11 is 5.84. The van der Waals surface area contributed by atoms with E-state index in [1.807, 2.05) is 13.0 Å². The van der Waals surface area contributed by atoms with Crippen molar-refractivity contribution in [1.29, 1.82) is 0 Å². The number of amides is 2. The molecule has 0 radical (unpaired) electrons. The molecule has 3 rings (SSSR count). The van der Waals surface area contributed by atoms with Crippen LogP contribution in [0.25, 0.3) is 6.08 Å². The molecular formula is C21H16ClN3O5. The lowest BCUT2D eigenvalue weighted by Gasteiger charge is -2.11. The molecule has 0 spiro atoms. The third-order valence-corrected chi connectivity index (χ3v) is 4.21. The summed E-state index contributed by atoms with van der Waals surface area (Å²) in [5, 5.41) is 16.5. The first-order valence-corrected chi connectivity index (χ1v) is 9.10. The predicted octanol–water partition coefficient (Wildman–Crippen LogP) is 4.56. The number of carbonyl (C=O) groups excluding carboxylic acids is 2. The molecule has 3 aromatic rings. The summed E-state index contributed by atoms with van der Waals surface area (Å²) in [5.74, 6) is -1.63. The maximum Gasteiger partial charge on any atom is 0.433 e. The van der Waals surface area contributed by atoms with E-state index in [0.717, 1.165) is 11.6 Å². The maximum atomic E-state index is 12.8. The van der Waals surface area contributed by atoms with Gasteiger partial charge < -0.3 is 15.1 Å². The van der Waals surface area contributed by atoms with Crippen LogP contribution in [0.3, 0.4) is 0 Å². The van der Waals surface area contributed by atoms with E-state index >= 15 is 0 Å². The fourth-order valence-corrected chi connectivity index (χ4v) is 2.66. The molecule has 2 aromatic carbocycles. The smallest absolute Gasteiger partial charge is 0.401 e. The van der Waals surface area contributed by atoms with Crippen LogP contribution in [0.5, 0.6) is 0 Å². The van der Waals surface area contributed by atoms with E-state index in [1.165, 1.54) is 24.3 Å². The number of anilines is 1. The molecule has 0 atom stereocenters. The first kappa shape index (κ1) is 20.8. The van der Waals surface area contributed by atoms with Crippen molar-refractivity contribution in [3.63, 3.8) is 0 Å². The number of hydrogen-bond donors (Lipinski definition) is 2. The summed E-state index contributed by atoms with van der Waals surface area (Å²) in [5.41, 5.74) is 1.59. The van der Waals surface area contributed by atoms with Gasteiger partial charge in [0.2, 0.25) is 0 Å². The quantitative estimate of drug-likeness (QED) is 0.341. The second-order valence-electron chi connectivity index (χ2n) is 6.28. The number of hydrogen-bond acceptors (Lipinski definition) is 5. The molecule has 0 aliphatic carbocycles. The molecule has 0 saturated carbocycles. The Labute approximate surface area is 176 Å². The molecule has 152 valence electrons. The van der Waals surface area contributed by atoms with Crippen molar-refractivity contribution in [3.05, 3.63) is 98.4 Å². The van der Waals surface area contributed by atoms with E-state index in [4.69, 9.17) is 16.0 Å². The van der Waals surface area contributed by atoms with Gasteiger partial charge in [-0.2, -0.15) is 0 Å². The average molecular weight is 426 g/mol. The molecule has 0 aliphatic heterocycles. The van der Waals surface area contributed by atoms with Gasteiger partial charge in [-0.1, -0.05) is 23.7 Å². The zero-order valence-electron chi connectivity index (χ0n) is 15.7. The summed E-state index contributed by atoms with van der Waals surface area (Å²) < 4.78 is 5.07. The van der Waals surface area contributed by atoms with Gasteiger partial charge in [0.25, 0.3) is 11.8 Å². The fourth-order valence-electron chi connectivity index (χ4n) is 2.54. The lowest BCUT2D eigenvalue weighted by molar-refractivity contribution is -0.402. The highest BCUT2D eigenvalue weighted by Gasteiger charge is 2.17. The van der Waals surface area contributed by atoms with Crippen LogP contribution in [0.4, 0.5) is 11.6 Å². The number of nitrogens with zero attached hydrogens (tertiary/aromatic N) is 1. The topological polar surface area (TPSA) is 114 Å². The number of carbonyl (C=O) groups is 2. The van der Waals surface area contributed by atoms with Gasteiger partial charge in [-0.15, -0.1) is 0 Å². The fraction of sp³-hybridized carbons (Fsp3) is 0.0476. The summed E-state index contributed by atoms with van der Waals surface area (Å²) in [4.78, 5) is 35.5. The first-order chi connectivity index (χ1) is 14.3. The molecule has 8 nitrogen and oxygen atoms in total. The largest absolute Gasteiger partial charge is 0.433 e. The van der Waals surface area contributed by atoms with Crippen molar-refractivity contribution < 1.29 is 18.9 Å². The summed E-state index contributed by atoms with van der Waals surface area (Å²) in [6, 6.07) is 15.7. The molecule has 1 aromatic heterocycles. The van der Waals surface area contributed by atoms with E-state index in [1.54, 1.807) is 30.3 Å². The van der Waals surface area contributed by atoms with E-state index in [-0.39, 0.29) is 17.0 Å². The minimum Gasteiger partial charge on any atom is -0.401 e. The highest BCUT2D eigenvalue weighted by atomic mass is 35.5. The molecule has 2 N–H and O–H groups in total. The van der Waals surface area contributed by atoms with Gasteiger partial charge in [-0.05, 0) is 55.0 Å². The molecule has 0 fully saturated rings. The number of halogens is 1. The van der Waals surface area contributed by atoms with Crippen molar-refractivity contribution in [2.24, 2.45) is 0 Å². The number of benzene rings is 2. The second kappa shape index (κ2) is 9.06. The molecular weight excluding hydrogens is 410 g/mol. The third-order valence-electron chi connectivity index (χ3n) is 3.95. The van der Waals surface area contributed by atoms with E-state index in [9.17, 15) is 19.7 Å². The Morgan fingerprint density at radius 1 is 1.10 bits per heavy atom. The lowest BCUT2D eigenvalue weighted by atomic mass is 10.2.